The highest BCUT2D eigenvalue weighted by molar-refractivity contribution is 7.16. The Morgan fingerprint density at radius 3 is 2.92 bits per heavy atom. The summed E-state index contributed by atoms with van der Waals surface area (Å²) in [5.41, 5.74) is 5.35. The fraction of sp³-hybridized carbons (Fsp3) is 0.353. The van der Waals surface area contributed by atoms with Crippen LogP contribution < -0.4 is 9.80 Å². The summed E-state index contributed by atoms with van der Waals surface area (Å²) in [6, 6.07) is 6.43. The Morgan fingerprint density at radius 2 is 2.00 bits per heavy atom. The van der Waals surface area contributed by atoms with E-state index in [0.717, 1.165) is 56.6 Å². The van der Waals surface area contributed by atoms with Gasteiger partial charge in [0.25, 0.3) is 0 Å². The van der Waals surface area contributed by atoms with Crippen molar-refractivity contribution in [3.63, 3.8) is 0 Å². The van der Waals surface area contributed by atoms with E-state index in [1.807, 2.05) is 11.7 Å². The molecule has 0 aliphatic carbocycles. The quantitative estimate of drug-likeness (QED) is 0.715. The molecule has 0 amide bonds. The first-order chi connectivity index (χ1) is 11.9. The number of anilines is 3. The standard InChI is InChI=1S/C17H17N5OS/c1-2-14-15(24-11-19-14)9-13(1)22-4-3-12-10-18-17(20-16(12)22)21-5-7-23-8-6-21/h1-2,9-11H,3-8H2. The van der Waals surface area contributed by atoms with Crippen LogP contribution in [0.25, 0.3) is 10.2 Å². The van der Waals surface area contributed by atoms with Crippen molar-refractivity contribution in [2.24, 2.45) is 0 Å². The zero-order valence-electron chi connectivity index (χ0n) is 13.2. The molecule has 0 radical (unpaired) electrons. The SMILES string of the molecule is c1nc2ccc(N3CCc4cnc(N5CCOCC5)nc43)cc2s1. The second-order valence-corrected chi connectivity index (χ2v) is 6.91. The average molecular weight is 339 g/mol. The molecule has 5 rings (SSSR count). The number of aromatic nitrogens is 3. The van der Waals surface area contributed by atoms with Gasteiger partial charge in [-0.1, -0.05) is 0 Å². The third kappa shape index (κ3) is 2.32. The second-order valence-electron chi connectivity index (χ2n) is 6.02. The predicted octanol–water partition coefficient (Wildman–Crippen LogP) is 2.62. The first-order valence-electron chi connectivity index (χ1n) is 8.18. The molecule has 0 bridgehead atoms. The maximum absolute atomic E-state index is 5.43. The van der Waals surface area contributed by atoms with E-state index in [-0.39, 0.29) is 0 Å². The lowest BCUT2D eigenvalue weighted by molar-refractivity contribution is 0.122. The third-order valence-electron chi connectivity index (χ3n) is 4.61. The number of fused-ring (bicyclic) bond motifs is 2. The summed E-state index contributed by atoms with van der Waals surface area (Å²) < 4.78 is 6.64. The Morgan fingerprint density at radius 1 is 1.08 bits per heavy atom. The summed E-state index contributed by atoms with van der Waals surface area (Å²) in [5.74, 6) is 1.85. The Labute approximate surface area is 143 Å². The number of thiazole rings is 1. The molecule has 2 aliphatic heterocycles. The lowest BCUT2D eigenvalue weighted by atomic mass is 10.2. The fourth-order valence-corrected chi connectivity index (χ4v) is 4.03. The van der Waals surface area contributed by atoms with Crippen LogP contribution in [-0.4, -0.2) is 47.8 Å². The summed E-state index contributed by atoms with van der Waals surface area (Å²) in [7, 11) is 0. The molecule has 2 aromatic heterocycles. The Balaban J connectivity index is 1.52. The van der Waals surface area contributed by atoms with Crippen LogP contribution in [0.1, 0.15) is 5.56 Å². The van der Waals surface area contributed by atoms with Crippen LogP contribution in [0.15, 0.2) is 29.9 Å². The van der Waals surface area contributed by atoms with Crippen LogP contribution in [0.5, 0.6) is 0 Å². The van der Waals surface area contributed by atoms with Gasteiger partial charge < -0.3 is 14.5 Å². The highest BCUT2D eigenvalue weighted by atomic mass is 32.1. The Kier molecular flexibility index (Phi) is 3.34. The minimum absolute atomic E-state index is 0.742. The highest BCUT2D eigenvalue weighted by Crippen LogP contribution is 2.35. The molecule has 1 saturated heterocycles. The summed E-state index contributed by atoms with van der Waals surface area (Å²) in [6.07, 6.45) is 2.97. The molecular weight excluding hydrogens is 322 g/mol. The van der Waals surface area contributed by atoms with Gasteiger partial charge in [-0.05, 0) is 24.6 Å². The average Bonchev–Trinajstić information content (AvgIpc) is 3.27. The first kappa shape index (κ1) is 14.1. The van der Waals surface area contributed by atoms with Crippen molar-refractivity contribution in [1.82, 2.24) is 15.0 Å². The predicted molar refractivity (Wildman–Crippen MR) is 95.4 cm³/mol. The summed E-state index contributed by atoms with van der Waals surface area (Å²) >= 11 is 1.67. The number of hydrogen-bond acceptors (Lipinski definition) is 7. The molecule has 6 nitrogen and oxygen atoms in total. The third-order valence-corrected chi connectivity index (χ3v) is 5.40. The Bertz CT molecular complexity index is 890. The summed E-state index contributed by atoms with van der Waals surface area (Å²) in [6.45, 7) is 4.14. The fourth-order valence-electron chi connectivity index (χ4n) is 3.32. The molecule has 1 fully saturated rings. The minimum Gasteiger partial charge on any atom is -0.378 e. The molecular formula is C17H17N5OS. The van der Waals surface area contributed by atoms with E-state index < -0.39 is 0 Å². The van der Waals surface area contributed by atoms with Crippen LogP contribution in [-0.2, 0) is 11.2 Å². The van der Waals surface area contributed by atoms with Gasteiger partial charge in [-0.3, -0.25) is 0 Å². The van der Waals surface area contributed by atoms with Crippen LogP contribution in [0, 0.1) is 0 Å². The van der Waals surface area contributed by atoms with Gasteiger partial charge in [-0.25, -0.2) is 9.97 Å². The molecule has 0 spiro atoms. The van der Waals surface area contributed by atoms with Crippen LogP contribution in [0.4, 0.5) is 17.5 Å². The molecule has 0 saturated carbocycles. The van der Waals surface area contributed by atoms with Gasteiger partial charge in [0.2, 0.25) is 5.95 Å². The highest BCUT2D eigenvalue weighted by Gasteiger charge is 2.25. The normalized spacial score (nSPS) is 17.5. The van der Waals surface area contributed by atoms with Crippen molar-refractivity contribution >= 4 is 39.0 Å². The smallest absolute Gasteiger partial charge is 0.227 e. The number of benzene rings is 1. The van der Waals surface area contributed by atoms with E-state index in [4.69, 9.17) is 9.72 Å². The topological polar surface area (TPSA) is 54.4 Å². The molecule has 122 valence electrons. The van der Waals surface area contributed by atoms with Crippen molar-refractivity contribution in [3.05, 3.63) is 35.5 Å². The largest absolute Gasteiger partial charge is 0.378 e. The molecule has 0 unspecified atom stereocenters. The van der Waals surface area contributed by atoms with Gasteiger partial charge in [-0.15, -0.1) is 11.3 Å². The van der Waals surface area contributed by atoms with Gasteiger partial charge in [0.15, 0.2) is 0 Å². The van der Waals surface area contributed by atoms with E-state index in [2.05, 4.69) is 38.0 Å². The van der Waals surface area contributed by atoms with Gasteiger partial charge in [0, 0.05) is 37.1 Å². The summed E-state index contributed by atoms with van der Waals surface area (Å²) in [5, 5.41) is 0. The zero-order valence-corrected chi connectivity index (χ0v) is 14.0. The van der Waals surface area contributed by atoms with Gasteiger partial charge in [-0.2, -0.15) is 4.98 Å². The van der Waals surface area contributed by atoms with E-state index in [1.54, 1.807) is 11.3 Å². The lowest BCUT2D eigenvalue weighted by Gasteiger charge is -2.27. The van der Waals surface area contributed by atoms with Crippen molar-refractivity contribution in [3.8, 4) is 0 Å². The van der Waals surface area contributed by atoms with E-state index in [1.165, 1.54) is 16.0 Å². The minimum atomic E-state index is 0.742. The molecule has 3 aromatic rings. The van der Waals surface area contributed by atoms with Gasteiger partial charge >= 0.3 is 0 Å². The molecule has 0 atom stereocenters. The molecule has 4 heterocycles. The number of hydrogen-bond donors (Lipinski definition) is 0. The first-order valence-corrected chi connectivity index (χ1v) is 9.06. The molecule has 0 N–H and O–H groups in total. The second kappa shape index (κ2) is 5.68. The van der Waals surface area contributed by atoms with Gasteiger partial charge in [0.1, 0.15) is 5.82 Å². The zero-order chi connectivity index (χ0) is 15.9. The Hall–Kier alpha value is -2.25. The van der Waals surface area contributed by atoms with Crippen LogP contribution in [0.3, 0.4) is 0 Å². The molecule has 7 heteroatoms. The van der Waals surface area contributed by atoms with Crippen molar-refractivity contribution in [2.75, 3.05) is 42.6 Å². The number of nitrogens with zero attached hydrogens (tertiary/aromatic N) is 5. The molecule has 24 heavy (non-hydrogen) atoms. The summed E-state index contributed by atoms with van der Waals surface area (Å²) in [4.78, 5) is 18.3. The number of morpholine rings is 1. The molecule has 1 aromatic carbocycles. The van der Waals surface area contributed by atoms with Crippen molar-refractivity contribution in [1.29, 1.82) is 0 Å². The van der Waals surface area contributed by atoms with Crippen LogP contribution in [0.2, 0.25) is 0 Å². The number of ether oxygens (including phenoxy) is 1. The van der Waals surface area contributed by atoms with Crippen molar-refractivity contribution < 1.29 is 4.74 Å². The van der Waals surface area contributed by atoms with E-state index in [0.29, 0.717) is 0 Å². The number of rotatable bonds is 2. The van der Waals surface area contributed by atoms with E-state index >= 15 is 0 Å². The van der Waals surface area contributed by atoms with Gasteiger partial charge in [0.05, 0.1) is 28.9 Å². The molecule has 2 aliphatic rings. The monoisotopic (exact) mass is 339 g/mol. The lowest BCUT2D eigenvalue weighted by Crippen LogP contribution is -2.37. The maximum atomic E-state index is 5.43. The van der Waals surface area contributed by atoms with Crippen molar-refractivity contribution in [2.45, 2.75) is 6.42 Å². The van der Waals surface area contributed by atoms with Crippen LogP contribution >= 0.6 is 11.3 Å². The van der Waals surface area contributed by atoms with E-state index in [9.17, 15) is 0 Å². The maximum Gasteiger partial charge on any atom is 0.227 e.